The summed E-state index contributed by atoms with van der Waals surface area (Å²) in [5, 5.41) is 3.34. The topological polar surface area (TPSA) is 45.2 Å². The van der Waals surface area contributed by atoms with Gasteiger partial charge in [0.1, 0.15) is 0 Å². The Morgan fingerprint density at radius 1 is 1.10 bits per heavy atom. The number of nitrogens with zero attached hydrogens (tertiary/aromatic N) is 2. The number of aromatic nitrogens is 1. The number of piperidine rings is 1. The quantitative estimate of drug-likeness (QED) is 0.690. The van der Waals surface area contributed by atoms with Crippen LogP contribution in [0.4, 0.5) is 0 Å². The number of nitrogens with one attached hydrogen (secondary N) is 1. The molecule has 0 radical (unpaired) electrons. The molecule has 3 atom stereocenters. The number of benzene rings is 1. The van der Waals surface area contributed by atoms with E-state index in [1.807, 2.05) is 48.7 Å². The Labute approximate surface area is 180 Å². The Hall–Kier alpha value is -2.46. The summed E-state index contributed by atoms with van der Waals surface area (Å²) in [5.74, 6) is 1.24. The van der Waals surface area contributed by atoms with Gasteiger partial charge in [-0.3, -0.25) is 9.78 Å². The van der Waals surface area contributed by atoms with Crippen molar-refractivity contribution in [1.82, 2.24) is 15.2 Å². The van der Waals surface area contributed by atoms with E-state index in [-0.39, 0.29) is 11.9 Å². The van der Waals surface area contributed by atoms with Crippen LogP contribution < -0.4 is 5.32 Å². The largest absolute Gasteiger partial charge is 0.347 e. The van der Waals surface area contributed by atoms with Crippen molar-refractivity contribution in [2.75, 3.05) is 19.6 Å². The molecule has 4 heteroatoms. The zero-order valence-electron chi connectivity index (χ0n) is 17.7. The molecule has 1 fully saturated rings. The third kappa shape index (κ3) is 5.79. The molecule has 1 saturated heterocycles. The van der Waals surface area contributed by atoms with Gasteiger partial charge in [-0.05, 0) is 68.2 Å². The monoisotopic (exact) mass is 403 g/mol. The minimum atomic E-state index is -0.0311. The minimum Gasteiger partial charge on any atom is -0.347 e. The second kappa shape index (κ2) is 10.5. The van der Waals surface area contributed by atoms with Crippen LogP contribution in [0.1, 0.15) is 49.4 Å². The highest BCUT2D eigenvalue weighted by Crippen LogP contribution is 2.30. The summed E-state index contributed by atoms with van der Waals surface area (Å²) in [6, 6.07) is 16.0. The average Bonchev–Trinajstić information content (AvgIpc) is 2.80. The van der Waals surface area contributed by atoms with Crippen molar-refractivity contribution in [1.29, 1.82) is 0 Å². The highest BCUT2D eigenvalue weighted by atomic mass is 16.1. The van der Waals surface area contributed by atoms with Gasteiger partial charge in [0.25, 0.3) is 0 Å². The lowest BCUT2D eigenvalue weighted by atomic mass is 9.86. The van der Waals surface area contributed by atoms with Gasteiger partial charge in [0.05, 0.1) is 18.2 Å². The van der Waals surface area contributed by atoms with Crippen molar-refractivity contribution >= 4 is 5.91 Å². The zero-order chi connectivity index (χ0) is 20.6. The fourth-order valence-electron chi connectivity index (χ4n) is 4.92. The first-order chi connectivity index (χ1) is 14.8. The SMILES string of the molecule is O=C(Cc1ccccc1)N[C@H](c1ccccn1)[C@@H]1CCCN(C[C@H]2CC=CCC2)C1. The number of pyridine rings is 1. The summed E-state index contributed by atoms with van der Waals surface area (Å²) in [6.45, 7) is 3.38. The molecule has 2 aliphatic rings. The predicted octanol–water partition coefficient (Wildman–Crippen LogP) is 4.55. The highest BCUT2D eigenvalue weighted by molar-refractivity contribution is 5.79. The van der Waals surface area contributed by atoms with Crippen molar-refractivity contribution in [3.05, 3.63) is 78.1 Å². The van der Waals surface area contributed by atoms with Gasteiger partial charge < -0.3 is 10.2 Å². The molecular formula is C26H33N3O. The Bertz CT molecular complexity index is 821. The Kier molecular flexibility index (Phi) is 7.30. The van der Waals surface area contributed by atoms with E-state index >= 15 is 0 Å². The van der Waals surface area contributed by atoms with E-state index in [9.17, 15) is 4.79 Å². The first-order valence-corrected chi connectivity index (χ1v) is 11.4. The van der Waals surface area contributed by atoms with E-state index < -0.39 is 0 Å². The van der Waals surface area contributed by atoms with Crippen LogP contribution in [0.5, 0.6) is 0 Å². The van der Waals surface area contributed by atoms with E-state index in [4.69, 9.17) is 0 Å². The fourth-order valence-corrected chi connectivity index (χ4v) is 4.92. The fraction of sp³-hybridized carbons (Fsp3) is 0.462. The summed E-state index contributed by atoms with van der Waals surface area (Å²) in [4.78, 5) is 20.1. The predicted molar refractivity (Wildman–Crippen MR) is 121 cm³/mol. The third-order valence-corrected chi connectivity index (χ3v) is 6.44. The highest BCUT2D eigenvalue weighted by Gasteiger charge is 2.31. The summed E-state index contributed by atoms with van der Waals surface area (Å²) in [5.41, 5.74) is 2.02. The summed E-state index contributed by atoms with van der Waals surface area (Å²) in [6.07, 6.45) is 12.9. The van der Waals surface area contributed by atoms with Crippen LogP contribution in [0, 0.1) is 11.8 Å². The van der Waals surface area contributed by atoms with Gasteiger partial charge in [-0.25, -0.2) is 0 Å². The minimum absolute atomic E-state index is 0.0311. The summed E-state index contributed by atoms with van der Waals surface area (Å²) in [7, 11) is 0. The molecule has 158 valence electrons. The van der Waals surface area contributed by atoms with Crippen molar-refractivity contribution in [3.63, 3.8) is 0 Å². The lowest BCUT2D eigenvalue weighted by Crippen LogP contribution is -2.45. The molecule has 1 aromatic carbocycles. The maximum atomic E-state index is 12.9. The first-order valence-electron chi connectivity index (χ1n) is 11.4. The number of rotatable bonds is 7. The normalized spacial score (nSPS) is 23.1. The molecule has 0 unspecified atom stereocenters. The van der Waals surface area contributed by atoms with E-state index in [1.54, 1.807) is 0 Å². The maximum absolute atomic E-state index is 12.9. The van der Waals surface area contributed by atoms with Gasteiger partial charge in [0, 0.05) is 19.3 Å². The number of carbonyl (C=O) groups excluding carboxylic acids is 1. The van der Waals surface area contributed by atoms with E-state index in [0.717, 1.165) is 30.1 Å². The van der Waals surface area contributed by atoms with Gasteiger partial charge in [0.2, 0.25) is 5.91 Å². The number of amides is 1. The second-order valence-corrected chi connectivity index (χ2v) is 8.77. The molecule has 1 aliphatic heterocycles. The molecule has 0 bridgehead atoms. The first kappa shape index (κ1) is 20.8. The summed E-state index contributed by atoms with van der Waals surface area (Å²) < 4.78 is 0. The molecule has 2 heterocycles. The average molecular weight is 404 g/mol. The number of hydrogen-bond acceptors (Lipinski definition) is 3. The Morgan fingerprint density at radius 3 is 2.73 bits per heavy atom. The smallest absolute Gasteiger partial charge is 0.224 e. The molecule has 1 aliphatic carbocycles. The van der Waals surface area contributed by atoms with Crippen LogP contribution in [0.3, 0.4) is 0 Å². The molecule has 0 spiro atoms. The molecule has 0 saturated carbocycles. The molecule has 1 N–H and O–H groups in total. The molecular weight excluding hydrogens is 370 g/mol. The van der Waals surface area contributed by atoms with Gasteiger partial charge >= 0.3 is 0 Å². The number of likely N-dealkylation sites (tertiary alicyclic amines) is 1. The van der Waals surface area contributed by atoms with Crippen LogP contribution >= 0.6 is 0 Å². The molecule has 4 nitrogen and oxygen atoms in total. The number of carbonyl (C=O) groups is 1. The van der Waals surface area contributed by atoms with Crippen LogP contribution in [-0.2, 0) is 11.2 Å². The van der Waals surface area contributed by atoms with Crippen LogP contribution in [-0.4, -0.2) is 35.4 Å². The third-order valence-electron chi connectivity index (χ3n) is 6.44. The van der Waals surface area contributed by atoms with Gasteiger partial charge in [0.15, 0.2) is 0 Å². The van der Waals surface area contributed by atoms with E-state index in [2.05, 4.69) is 33.4 Å². The van der Waals surface area contributed by atoms with Crippen molar-refractivity contribution < 1.29 is 4.79 Å². The summed E-state index contributed by atoms with van der Waals surface area (Å²) >= 11 is 0. The molecule has 4 rings (SSSR count). The van der Waals surface area contributed by atoms with Gasteiger partial charge in [-0.1, -0.05) is 48.6 Å². The van der Waals surface area contributed by atoms with Crippen LogP contribution in [0.25, 0.3) is 0 Å². The van der Waals surface area contributed by atoms with Gasteiger partial charge in [-0.2, -0.15) is 0 Å². The van der Waals surface area contributed by atoms with E-state index in [1.165, 1.54) is 38.8 Å². The second-order valence-electron chi connectivity index (χ2n) is 8.77. The van der Waals surface area contributed by atoms with Crippen molar-refractivity contribution in [3.8, 4) is 0 Å². The number of allylic oxidation sites excluding steroid dienone is 2. The van der Waals surface area contributed by atoms with Crippen molar-refractivity contribution in [2.24, 2.45) is 11.8 Å². The molecule has 1 aromatic heterocycles. The van der Waals surface area contributed by atoms with Crippen molar-refractivity contribution in [2.45, 2.75) is 44.6 Å². The van der Waals surface area contributed by atoms with E-state index in [0.29, 0.717) is 12.3 Å². The standard InChI is InChI=1S/C26H33N3O/c30-25(18-21-10-3-1-4-11-21)28-26(24-15-7-8-16-27-24)23-14-9-17-29(20-23)19-22-12-5-2-6-13-22/h1-5,7-8,10-11,15-16,22-23,26H,6,9,12-14,17-20H2,(H,28,30)/t22-,23+,26-/m0/s1. The zero-order valence-corrected chi connectivity index (χ0v) is 17.7. The Balaban J connectivity index is 1.43. The van der Waals surface area contributed by atoms with Crippen LogP contribution in [0.15, 0.2) is 66.9 Å². The number of hydrogen-bond donors (Lipinski definition) is 1. The maximum Gasteiger partial charge on any atom is 0.224 e. The lowest BCUT2D eigenvalue weighted by molar-refractivity contribution is -0.121. The van der Waals surface area contributed by atoms with Crippen LogP contribution in [0.2, 0.25) is 0 Å². The molecule has 30 heavy (non-hydrogen) atoms. The molecule has 2 aromatic rings. The lowest BCUT2D eigenvalue weighted by Gasteiger charge is -2.38. The molecule has 1 amide bonds. The Morgan fingerprint density at radius 2 is 1.97 bits per heavy atom. The van der Waals surface area contributed by atoms with Gasteiger partial charge in [-0.15, -0.1) is 0 Å².